The van der Waals surface area contributed by atoms with Crippen LogP contribution in [0.15, 0.2) is 29.4 Å². The van der Waals surface area contributed by atoms with E-state index in [1.54, 1.807) is 18.9 Å². The van der Waals surface area contributed by atoms with Crippen molar-refractivity contribution < 1.29 is 9.47 Å². The summed E-state index contributed by atoms with van der Waals surface area (Å²) in [7, 11) is 1.67. The van der Waals surface area contributed by atoms with Gasteiger partial charge in [0.15, 0.2) is 11.0 Å². The minimum Gasteiger partial charge on any atom is -0.497 e. The maximum Gasteiger partial charge on any atom is 0.191 e. The molecule has 2 aromatic rings. The first-order chi connectivity index (χ1) is 11.2. The molecule has 1 unspecified atom stereocenters. The minimum atomic E-state index is 0.259. The summed E-state index contributed by atoms with van der Waals surface area (Å²) in [4.78, 5) is 0. The van der Waals surface area contributed by atoms with Crippen molar-refractivity contribution in [2.45, 2.75) is 49.7 Å². The SMILES string of the molecule is COc1ccc(-c2nnc(SC(C)C)n2CC2CCCO2)cc1. The topological polar surface area (TPSA) is 49.2 Å². The second-order valence-electron chi connectivity index (χ2n) is 5.95. The number of aromatic nitrogens is 3. The predicted molar refractivity (Wildman–Crippen MR) is 92.0 cm³/mol. The van der Waals surface area contributed by atoms with Gasteiger partial charge in [-0.3, -0.25) is 4.57 Å². The van der Waals surface area contributed by atoms with E-state index in [-0.39, 0.29) is 6.10 Å². The third-order valence-corrected chi connectivity index (χ3v) is 4.80. The zero-order valence-electron chi connectivity index (χ0n) is 13.9. The van der Waals surface area contributed by atoms with Crippen LogP contribution in [0, 0.1) is 0 Å². The predicted octanol–water partition coefficient (Wildman–Crippen LogP) is 3.63. The van der Waals surface area contributed by atoms with E-state index in [9.17, 15) is 0 Å². The standard InChI is InChI=1S/C17H23N3O2S/c1-12(2)23-17-19-18-16(13-6-8-14(21-3)9-7-13)20(17)11-15-5-4-10-22-15/h6-9,12,15H,4-5,10-11H2,1-3H3. The lowest BCUT2D eigenvalue weighted by molar-refractivity contribution is 0.0953. The van der Waals surface area contributed by atoms with Crippen molar-refractivity contribution in [1.82, 2.24) is 14.8 Å². The van der Waals surface area contributed by atoms with Crippen molar-refractivity contribution in [2.75, 3.05) is 13.7 Å². The zero-order chi connectivity index (χ0) is 16.2. The molecule has 1 aliphatic rings. The summed E-state index contributed by atoms with van der Waals surface area (Å²) in [5, 5.41) is 10.3. The van der Waals surface area contributed by atoms with Crippen LogP contribution >= 0.6 is 11.8 Å². The van der Waals surface area contributed by atoms with Crippen LogP contribution in [0.3, 0.4) is 0 Å². The van der Waals surface area contributed by atoms with E-state index in [0.717, 1.165) is 48.3 Å². The molecule has 0 radical (unpaired) electrons. The average molecular weight is 333 g/mol. The molecule has 23 heavy (non-hydrogen) atoms. The van der Waals surface area contributed by atoms with Crippen molar-refractivity contribution in [3.8, 4) is 17.1 Å². The Hall–Kier alpha value is -1.53. The molecule has 5 nitrogen and oxygen atoms in total. The molecule has 2 heterocycles. The number of hydrogen-bond acceptors (Lipinski definition) is 5. The summed E-state index contributed by atoms with van der Waals surface area (Å²) in [5.41, 5.74) is 1.05. The lowest BCUT2D eigenvalue weighted by atomic mass is 10.2. The Bertz CT molecular complexity index is 634. The molecule has 0 amide bonds. The maximum absolute atomic E-state index is 5.81. The van der Waals surface area contributed by atoms with Gasteiger partial charge in [0.1, 0.15) is 5.75 Å². The molecule has 6 heteroatoms. The molecule has 1 aliphatic heterocycles. The van der Waals surface area contributed by atoms with Gasteiger partial charge in [-0.05, 0) is 37.1 Å². The molecular weight excluding hydrogens is 310 g/mol. The Morgan fingerprint density at radius 3 is 2.70 bits per heavy atom. The number of thioether (sulfide) groups is 1. The van der Waals surface area contributed by atoms with Gasteiger partial charge in [-0.25, -0.2) is 0 Å². The maximum atomic E-state index is 5.81. The second-order valence-corrected chi connectivity index (χ2v) is 7.49. The van der Waals surface area contributed by atoms with E-state index < -0.39 is 0 Å². The molecule has 1 aromatic heterocycles. The molecule has 0 bridgehead atoms. The quantitative estimate of drug-likeness (QED) is 0.756. The zero-order valence-corrected chi connectivity index (χ0v) is 14.7. The summed E-state index contributed by atoms with van der Waals surface area (Å²) >= 11 is 1.74. The molecule has 1 aromatic carbocycles. The van der Waals surface area contributed by atoms with Crippen molar-refractivity contribution in [1.29, 1.82) is 0 Å². The third kappa shape index (κ3) is 3.87. The molecule has 0 saturated carbocycles. The van der Waals surface area contributed by atoms with Gasteiger partial charge in [0.05, 0.1) is 19.8 Å². The highest BCUT2D eigenvalue weighted by Crippen LogP contribution is 2.29. The van der Waals surface area contributed by atoms with Gasteiger partial charge in [-0.15, -0.1) is 10.2 Å². The Morgan fingerprint density at radius 2 is 2.09 bits per heavy atom. The van der Waals surface area contributed by atoms with Crippen molar-refractivity contribution >= 4 is 11.8 Å². The van der Waals surface area contributed by atoms with Crippen LogP contribution in [0.4, 0.5) is 0 Å². The number of benzene rings is 1. The number of ether oxygens (including phenoxy) is 2. The van der Waals surface area contributed by atoms with Crippen LogP contribution in [-0.4, -0.2) is 39.8 Å². The Labute approximate surface area is 141 Å². The molecule has 0 aliphatic carbocycles. The third-order valence-electron chi connectivity index (χ3n) is 3.82. The van der Waals surface area contributed by atoms with Crippen LogP contribution in [0.5, 0.6) is 5.75 Å². The Kier molecular flexibility index (Phi) is 5.23. The lowest BCUT2D eigenvalue weighted by Gasteiger charge is -2.15. The number of methoxy groups -OCH3 is 1. The molecular formula is C17H23N3O2S. The molecule has 3 rings (SSSR count). The van der Waals surface area contributed by atoms with Gasteiger partial charge in [-0.1, -0.05) is 25.6 Å². The van der Waals surface area contributed by atoms with E-state index in [4.69, 9.17) is 9.47 Å². The smallest absolute Gasteiger partial charge is 0.191 e. The number of nitrogens with zero attached hydrogens (tertiary/aromatic N) is 3. The first-order valence-corrected chi connectivity index (χ1v) is 8.91. The normalized spacial score (nSPS) is 17.8. The van der Waals surface area contributed by atoms with Gasteiger partial charge in [0.25, 0.3) is 0 Å². The highest BCUT2D eigenvalue weighted by molar-refractivity contribution is 7.99. The molecule has 1 fully saturated rings. The fourth-order valence-corrected chi connectivity index (χ4v) is 3.49. The first-order valence-electron chi connectivity index (χ1n) is 8.03. The van der Waals surface area contributed by atoms with Gasteiger partial charge in [0.2, 0.25) is 0 Å². The van der Waals surface area contributed by atoms with Gasteiger partial charge in [0, 0.05) is 17.4 Å². The van der Waals surface area contributed by atoms with Gasteiger partial charge < -0.3 is 9.47 Å². The van der Waals surface area contributed by atoms with E-state index in [1.165, 1.54) is 0 Å². The first kappa shape index (κ1) is 16.3. The van der Waals surface area contributed by atoms with Gasteiger partial charge >= 0.3 is 0 Å². The largest absolute Gasteiger partial charge is 0.497 e. The second kappa shape index (κ2) is 7.36. The Balaban J connectivity index is 1.92. The van der Waals surface area contributed by atoms with E-state index >= 15 is 0 Å². The minimum absolute atomic E-state index is 0.259. The molecule has 1 saturated heterocycles. The lowest BCUT2D eigenvalue weighted by Crippen LogP contribution is -2.17. The number of rotatable bonds is 6. The monoisotopic (exact) mass is 333 g/mol. The van der Waals surface area contributed by atoms with E-state index in [0.29, 0.717) is 5.25 Å². The van der Waals surface area contributed by atoms with Crippen molar-refractivity contribution in [2.24, 2.45) is 0 Å². The van der Waals surface area contributed by atoms with Crippen LogP contribution in [-0.2, 0) is 11.3 Å². The van der Waals surface area contributed by atoms with Crippen LogP contribution in [0.1, 0.15) is 26.7 Å². The van der Waals surface area contributed by atoms with Crippen LogP contribution < -0.4 is 4.74 Å². The van der Waals surface area contributed by atoms with E-state index in [2.05, 4.69) is 28.6 Å². The summed E-state index contributed by atoms with van der Waals surface area (Å²) in [6.45, 7) is 6.01. The summed E-state index contributed by atoms with van der Waals surface area (Å²) in [6, 6.07) is 7.96. The Morgan fingerprint density at radius 1 is 1.30 bits per heavy atom. The molecule has 0 spiro atoms. The highest BCUT2D eigenvalue weighted by atomic mass is 32.2. The van der Waals surface area contributed by atoms with Crippen LogP contribution in [0.25, 0.3) is 11.4 Å². The van der Waals surface area contributed by atoms with E-state index in [1.807, 2.05) is 24.3 Å². The highest BCUT2D eigenvalue weighted by Gasteiger charge is 2.22. The fourth-order valence-electron chi connectivity index (χ4n) is 2.70. The van der Waals surface area contributed by atoms with Gasteiger partial charge in [-0.2, -0.15) is 0 Å². The average Bonchev–Trinajstić information content (AvgIpc) is 3.18. The van der Waals surface area contributed by atoms with Crippen molar-refractivity contribution in [3.63, 3.8) is 0 Å². The summed E-state index contributed by atoms with van der Waals surface area (Å²) in [6.07, 6.45) is 2.50. The van der Waals surface area contributed by atoms with Crippen LogP contribution in [0.2, 0.25) is 0 Å². The molecule has 0 N–H and O–H groups in total. The molecule has 1 atom stereocenters. The molecule has 124 valence electrons. The fraction of sp³-hybridized carbons (Fsp3) is 0.529. The van der Waals surface area contributed by atoms with Crippen molar-refractivity contribution in [3.05, 3.63) is 24.3 Å². The summed E-state index contributed by atoms with van der Waals surface area (Å²) < 4.78 is 13.2. The number of hydrogen-bond donors (Lipinski definition) is 0. The summed E-state index contributed by atoms with van der Waals surface area (Å²) in [5.74, 6) is 1.74.